The average Bonchev–Trinajstić information content (AvgIpc) is 3.00. The molecule has 0 saturated heterocycles. The van der Waals surface area contributed by atoms with Gasteiger partial charge in [-0.05, 0) is 36.2 Å². The van der Waals surface area contributed by atoms with E-state index in [2.05, 4.69) is 33.9 Å². The number of aryl methyl sites for hydroxylation is 1. The van der Waals surface area contributed by atoms with Crippen LogP contribution in [0.3, 0.4) is 0 Å². The number of anilines is 2. The number of hydrogen-bond acceptors (Lipinski definition) is 7. The Balaban J connectivity index is 1.68. The van der Waals surface area contributed by atoms with E-state index in [-0.39, 0.29) is 25.3 Å². The van der Waals surface area contributed by atoms with Crippen molar-refractivity contribution in [3.05, 3.63) is 96.6 Å². The van der Waals surface area contributed by atoms with E-state index in [0.717, 1.165) is 21.8 Å². The molecule has 3 rings (SSSR count). The van der Waals surface area contributed by atoms with Gasteiger partial charge < -0.3 is 21.3 Å². The molecule has 4 amide bonds. The Morgan fingerprint density at radius 3 is 1.52 bits per heavy atom. The number of thiol groups is 1. The molecule has 0 heterocycles. The topological polar surface area (TPSA) is 120 Å². The molecule has 0 aliphatic heterocycles. The van der Waals surface area contributed by atoms with E-state index in [1.807, 2.05) is 91.0 Å². The van der Waals surface area contributed by atoms with E-state index in [1.54, 1.807) is 0 Å². The van der Waals surface area contributed by atoms with Gasteiger partial charge in [0, 0.05) is 44.0 Å². The molecule has 9 nitrogen and oxygen atoms in total. The first-order chi connectivity index (χ1) is 19.5. The van der Waals surface area contributed by atoms with Gasteiger partial charge in [-0.2, -0.15) is 12.6 Å². The van der Waals surface area contributed by atoms with Crippen LogP contribution in [0.5, 0.6) is 0 Å². The molecule has 0 aliphatic carbocycles. The Hall–Kier alpha value is -4.31. The number of hydrogen-bond donors (Lipinski definition) is 5. The number of para-hydroxylation sites is 2. The second kappa shape index (κ2) is 16.6. The third-order valence-electron chi connectivity index (χ3n) is 5.95. The summed E-state index contributed by atoms with van der Waals surface area (Å²) in [5.41, 5.74) is 2.65. The van der Waals surface area contributed by atoms with Crippen LogP contribution in [0, 0.1) is 0 Å². The number of benzene rings is 3. The van der Waals surface area contributed by atoms with Crippen LogP contribution in [0.25, 0.3) is 0 Å². The summed E-state index contributed by atoms with van der Waals surface area (Å²) in [6.45, 7) is 1.11. The van der Waals surface area contributed by atoms with Crippen molar-refractivity contribution in [3.63, 3.8) is 0 Å². The minimum absolute atomic E-state index is 0.0499. The summed E-state index contributed by atoms with van der Waals surface area (Å²) in [4.78, 5) is 53.5. The molecule has 210 valence electrons. The lowest BCUT2D eigenvalue weighted by Crippen LogP contribution is -2.60. The van der Waals surface area contributed by atoms with Crippen molar-refractivity contribution in [1.82, 2.24) is 15.5 Å². The van der Waals surface area contributed by atoms with Crippen molar-refractivity contribution in [3.8, 4) is 0 Å². The van der Waals surface area contributed by atoms with Crippen LogP contribution in [0.4, 0.5) is 11.4 Å². The first-order valence-electron chi connectivity index (χ1n) is 13.1. The van der Waals surface area contributed by atoms with Crippen molar-refractivity contribution < 1.29 is 19.2 Å². The normalized spacial score (nSPS) is 10.4. The summed E-state index contributed by atoms with van der Waals surface area (Å²) >= 11 is 4.04. The van der Waals surface area contributed by atoms with Gasteiger partial charge in [-0.1, -0.05) is 66.7 Å². The molecule has 0 spiro atoms. The number of nitrogens with zero attached hydrogens (tertiary/aromatic N) is 1. The molecule has 3 aromatic rings. The molecule has 0 unspecified atom stereocenters. The zero-order valence-corrected chi connectivity index (χ0v) is 23.1. The van der Waals surface area contributed by atoms with Crippen molar-refractivity contribution in [2.45, 2.75) is 18.9 Å². The second-order valence-corrected chi connectivity index (χ2v) is 9.19. The van der Waals surface area contributed by atoms with Crippen LogP contribution in [0.15, 0.2) is 91.0 Å². The van der Waals surface area contributed by atoms with Gasteiger partial charge in [0.05, 0.1) is 5.75 Å². The molecule has 4 N–H and O–H groups in total. The maximum Gasteiger partial charge on any atom is 0.253 e. The second-order valence-electron chi connectivity index (χ2n) is 8.87. The van der Waals surface area contributed by atoms with Gasteiger partial charge in [0.2, 0.25) is 11.8 Å². The van der Waals surface area contributed by atoms with Crippen LogP contribution >= 0.6 is 12.6 Å². The predicted molar refractivity (Wildman–Crippen MR) is 160 cm³/mol. The summed E-state index contributed by atoms with van der Waals surface area (Å²) in [5, 5.41) is 11.7. The highest BCUT2D eigenvalue weighted by atomic mass is 32.1. The Morgan fingerprint density at radius 2 is 1.07 bits per heavy atom. The van der Waals surface area contributed by atoms with Gasteiger partial charge in [-0.15, -0.1) is 0 Å². The van der Waals surface area contributed by atoms with E-state index in [4.69, 9.17) is 0 Å². The highest BCUT2D eigenvalue weighted by Gasteiger charge is 2.39. The van der Waals surface area contributed by atoms with Gasteiger partial charge in [0.1, 0.15) is 0 Å². The summed E-state index contributed by atoms with van der Waals surface area (Å²) in [6, 6.07) is 26.5. The van der Waals surface area contributed by atoms with Crippen LogP contribution in [0.1, 0.15) is 12.0 Å². The quantitative estimate of drug-likeness (QED) is 0.111. The molecular formula is C30H35N5O4S. The van der Waals surface area contributed by atoms with Gasteiger partial charge >= 0.3 is 0 Å². The van der Waals surface area contributed by atoms with Crippen LogP contribution in [0.2, 0.25) is 0 Å². The van der Waals surface area contributed by atoms with E-state index < -0.39 is 29.7 Å². The highest BCUT2D eigenvalue weighted by molar-refractivity contribution is 7.81. The SMILES string of the molecule is O=C(NCCNc1ccccc1)C(C(=O)NCCNc1ccccc1)N(C(=O)CS)C(=O)CCc1ccccc1. The largest absolute Gasteiger partial charge is 0.383 e. The fraction of sp³-hybridized carbons (Fsp3) is 0.267. The van der Waals surface area contributed by atoms with E-state index in [0.29, 0.717) is 19.5 Å². The summed E-state index contributed by atoms with van der Waals surface area (Å²) in [7, 11) is 0. The van der Waals surface area contributed by atoms with Gasteiger partial charge in [-0.3, -0.25) is 24.1 Å². The number of imide groups is 1. The van der Waals surface area contributed by atoms with Gasteiger partial charge in [0.15, 0.2) is 6.04 Å². The molecule has 0 aromatic heterocycles. The molecule has 0 fully saturated rings. The fourth-order valence-electron chi connectivity index (χ4n) is 3.96. The van der Waals surface area contributed by atoms with Crippen molar-refractivity contribution >= 4 is 47.6 Å². The monoisotopic (exact) mass is 561 g/mol. The van der Waals surface area contributed by atoms with Crippen LogP contribution in [-0.4, -0.2) is 66.5 Å². The molecule has 0 radical (unpaired) electrons. The summed E-state index contributed by atoms with van der Waals surface area (Å²) in [5.74, 6) is -3.16. The molecule has 0 atom stereocenters. The number of nitrogens with one attached hydrogen (secondary N) is 4. The number of amides is 4. The van der Waals surface area contributed by atoms with E-state index in [1.165, 1.54) is 0 Å². The third kappa shape index (κ3) is 9.77. The predicted octanol–water partition coefficient (Wildman–Crippen LogP) is 2.73. The zero-order valence-electron chi connectivity index (χ0n) is 22.2. The molecule has 40 heavy (non-hydrogen) atoms. The molecule has 0 bridgehead atoms. The Labute approximate surface area is 240 Å². The van der Waals surface area contributed by atoms with Crippen LogP contribution in [-0.2, 0) is 25.6 Å². The Kier molecular flexibility index (Phi) is 12.6. The maximum absolute atomic E-state index is 13.3. The molecular weight excluding hydrogens is 526 g/mol. The summed E-state index contributed by atoms with van der Waals surface area (Å²) < 4.78 is 0. The third-order valence-corrected chi connectivity index (χ3v) is 6.22. The molecule has 3 aromatic carbocycles. The highest BCUT2D eigenvalue weighted by Crippen LogP contribution is 2.11. The lowest BCUT2D eigenvalue weighted by Gasteiger charge is -2.28. The first kappa shape index (κ1) is 30.2. The van der Waals surface area contributed by atoms with Crippen molar-refractivity contribution in [2.75, 3.05) is 42.6 Å². The minimum Gasteiger partial charge on any atom is -0.383 e. The Bertz CT molecular complexity index is 1170. The van der Waals surface area contributed by atoms with E-state index >= 15 is 0 Å². The van der Waals surface area contributed by atoms with Crippen molar-refractivity contribution in [2.24, 2.45) is 0 Å². The molecule has 10 heteroatoms. The zero-order chi connectivity index (χ0) is 28.6. The number of carbonyl (C=O) groups is 4. The van der Waals surface area contributed by atoms with Gasteiger partial charge in [-0.25, -0.2) is 0 Å². The standard InChI is InChI=1S/C30H35N5O4S/c36-26(17-16-23-10-4-1-5-11-23)35(27(37)22-40)28(29(38)33-20-18-31-24-12-6-2-7-13-24)30(39)34-21-19-32-25-14-8-3-9-15-25/h1-15,28,31-32,40H,16-22H2,(H,33,38)(H,34,39). The number of carbonyl (C=O) groups excluding carboxylic acids is 4. The first-order valence-corrected chi connectivity index (χ1v) is 13.8. The lowest BCUT2D eigenvalue weighted by molar-refractivity contribution is -0.155. The molecule has 0 saturated carbocycles. The Morgan fingerprint density at radius 1 is 0.625 bits per heavy atom. The van der Waals surface area contributed by atoms with E-state index in [9.17, 15) is 19.2 Å². The lowest BCUT2D eigenvalue weighted by atomic mass is 10.1. The summed E-state index contributed by atoms with van der Waals surface area (Å²) in [6.07, 6.45) is 0.305. The minimum atomic E-state index is -1.67. The number of rotatable bonds is 15. The molecule has 0 aliphatic rings. The fourth-order valence-corrected chi connectivity index (χ4v) is 4.12. The smallest absolute Gasteiger partial charge is 0.253 e. The average molecular weight is 562 g/mol. The van der Waals surface area contributed by atoms with Crippen molar-refractivity contribution in [1.29, 1.82) is 0 Å². The van der Waals surface area contributed by atoms with Gasteiger partial charge in [0.25, 0.3) is 11.8 Å². The maximum atomic E-state index is 13.3. The van der Waals surface area contributed by atoms with Crippen LogP contribution < -0.4 is 21.3 Å².